The Kier molecular flexibility index (Phi) is 6.33. The molecule has 0 unspecified atom stereocenters. The van der Waals surface area contributed by atoms with Crippen LogP contribution < -0.4 is 5.32 Å². The lowest BCUT2D eigenvalue weighted by Crippen LogP contribution is -2.32. The van der Waals surface area contributed by atoms with Crippen LogP contribution in [-0.2, 0) is 4.74 Å². The monoisotopic (exact) mass is 476 g/mol. The lowest BCUT2D eigenvalue weighted by atomic mass is 9.98. The molecule has 2 aromatic heterocycles. The quantitative estimate of drug-likeness (QED) is 0.482. The van der Waals surface area contributed by atoms with Crippen molar-refractivity contribution in [3.63, 3.8) is 0 Å². The highest BCUT2D eigenvalue weighted by atomic mass is 19.1. The molecule has 180 valence electrons. The van der Waals surface area contributed by atoms with Crippen molar-refractivity contribution in [2.24, 2.45) is 10.9 Å². The number of aromatic nitrogens is 1. The van der Waals surface area contributed by atoms with Crippen molar-refractivity contribution in [3.05, 3.63) is 65.3 Å². The summed E-state index contributed by atoms with van der Waals surface area (Å²) in [5.41, 5.74) is 1.83. The predicted octanol–water partition coefficient (Wildman–Crippen LogP) is 5.02. The number of fused-ring (bicyclic) bond motifs is 1. The predicted molar refractivity (Wildman–Crippen MR) is 131 cm³/mol. The SMILES string of the molecule is CN1CCC(COC(=O)c2c(Nc3ccc(F)cc3)oc(C=C3C=Nc4ncccc43)c2O)CC1. The summed E-state index contributed by atoms with van der Waals surface area (Å²) >= 11 is 0. The molecule has 1 aromatic carbocycles. The summed E-state index contributed by atoms with van der Waals surface area (Å²) in [5.74, 6) is -0.531. The van der Waals surface area contributed by atoms with Gasteiger partial charge in [0.15, 0.2) is 22.9 Å². The Hall–Kier alpha value is -3.98. The minimum Gasteiger partial charge on any atom is -0.504 e. The number of esters is 1. The van der Waals surface area contributed by atoms with Gasteiger partial charge in [-0.05, 0) is 81.4 Å². The van der Waals surface area contributed by atoms with Crippen molar-refractivity contribution < 1.29 is 23.4 Å². The van der Waals surface area contributed by atoms with Crippen LogP contribution in [0.2, 0.25) is 0 Å². The Bertz CT molecular complexity index is 1290. The molecule has 0 saturated carbocycles. The molecule has 0 spiro atoms. The second kappa shape index (κ2) is 9.71. The maximum Gasteiger partial charge on any atom is 0.347 e. The van der Waals surface area contributed by atoms with Crippen LogP contribution in [0, 0.1) is 11.7 Å². The first-order chi connectivity index (χ1) is 17.0. The van der Waals surface area contributed by atoms with Crippen LogP contribution in [0.5, 0.6) is 5.75 Å². The molecule has 0 bridgehead atoms. The molecule has 8 nitrogen and oxygen atoms in total. The zero-order valence-corrected chi connectivity index (χ0v) is 19.2. The molecule has 1 saturated heterocycles. The second-order valence-corrected chi connectivity index (χ2v) is 8.73. The van der Waals surface area contributed by atoms with Crippen LogP contribution in [0.3, 0.4) is 0 Å². The third-order valence-corrected chi connectivity index (χ3v) is 6.21. The van der Waals surface area contributed by atoms with E-state index in [1.54, 1.807) is 24.6 Å². The average Bonchev–Trinajstić information content (AvgIpc) is 3.41. The summed E-state index contributed by atoms with van der Waals surface area (Å²) in [6.07, 6.45) is 6.73. The van der Waals surface area contributed by atoms with Crippen LogP contribution in [-0.4, -0.2) is 53.9 Å². The number of halogens is 1. The van der Waals surface area contributed by atoms with E-state index in [0.29, 0.717) is 17.1 Å². The van der Waals surface area contributed by atoms with E-state index in [1.807, 2.05) is 6.07 Å². The third-order valence-electron chi connectivity index (χ3n) is 6.21. The van der Waals surface area contributed by atoms with E-state index in [2.05, 4.69) is 27.2 Å². The summed E-state index contributed by atoms with van der Waals surface area (Å²) in [6.45, 7) is 2.16. The first-order valence-electron chi connectivity index (χ1n) is 11.4. The van der Waals surface area contributed by atoms with E-state index in [0.717, 1.165) is 31.5 Å². The second-order valence-electron chi connectivity index (χ2n) is 8.73. The fraction of sp³-hybridized carbons (Fsp3) is 0.269. The van der Waals surface area contributed by atoms with Gasteiger partial charge in [-0.25, -0.2) is 19.2 Å². The lowest BCUT2D eigenvalue weighted by molar-refractivity contribution is 0.0382. The molecule has 1 fully saturated rings. The number of rotatable bonds is 6. The topological polar surface area (TPSA) is 100 Å². The number of piperidine rings is 1. The number of carbonyl (C=O) groups is 1. The Balaban J connectivity index is 1.44. The number of aliphatic imine (C=N–C) groups is 1. The van der Waals surface area contributed by atoms with Gasteiger partial charge in [-0.3, -0.25) is 0 Å². The minimum absolute atomic E-state index is 0.00989. The number of pyridine rings is 1. The highest BCUT2D eigenvalue weighted by Gasteiger charge is 2.28. The number of nitrogens with zero attached hydrogens (tertiary/aromatic N) is 3. The largest absolute Gasteiger partial charge is 0.504 e. The summed E-state index contributed by atoms with van der Waals surface area (Å²) in [7, 11) is 2.07. The van der Waals surface area contributed by atoms with Crippen molar-refractivity contribution in [1.29, 1.82) is 0 Å². The molecule has 0 radical (unpaired) electrons. The van der Waals surface area contributed by atoms with Crippen LogP contribution in [0.25, 0.3) is 11.6 Å². The number of nitrogens with one attached hydrogen (secondary N) is 1. The average molecular weight is 477 g/mol. The summed E-state index contributed by atoms with van der Waals surface area (Å²) in [6, 6.07) is 9.22. The Morgan fingerprint density at radius 1 is 1.29 bits per heavy atom. The number of aromatic hydroxyl groups is 1. The number of hydrogen-bond donors (Lipinski definition) is 2. The first-order valence-corrected chi connectivity index (χ1v) is 11.4. The van der Waals surface area contributed by atoms with E-state index < -0.39 is 11.8 Å². The van der Waals surface area contributed by atoms with Gasteiger partial charge in [0.25, 0.3) is 0 Å². The van der Waals surface area contributed by atoms with Gasteiger partial charge >= 0.3 is 5.97 Å². The standard InChI is InChI=1S/C26H25FN4O4/c1-31-11-8-16(9-12-31)15-34-26(33)22-23(32)21(13-17-14-29-24-20(17)3-2-10-28-24)35-25(22)30-19-6-4-18(27)5-7-19/h2-7,10,13-14,16,30,32H,8-9,11-12,15H2,1H3. The number of carbonyl (C=O) groups excluding carboxylic acids is 1. The number of furan rings is 1. The van der Waals surface area contributed by atoms with Gasteiger partial charge in [0.2, 0.25) is 5.88 Å². The van der Waals surface area contributed by atoms with E-state index in [9.17, 15) is 14.3 Å². The van der Waals surface area contributed by atoms with E-state index in [4.69, 9.17) is 9.15 Å². The van der Waals surface area contributed by atoms with Crippen molar-refractivity contribution in [2.75, 3.05) is 32.1 Å². The normalized spacial score (nSPS) is 17.0. The summed E-state index contributed by atoms with van der Waals surface area (Å²) in [4.78, 5) is 23.8. The third kappa shape index (κ3) is 4.95. The zero-order valence-electron chi connectivity index (χ0n) is 19.2. The zero-order chi connectivity index (χ0) is 24.4. The number of allylic oxidation sites excluding steroid dienone is 1. The fourth-order valence-electron chi connectivity index (χ4n) is 4.16. The molecule has 0 aliphatic carbocycles. The lowest BCUT2D eigenvalue weighted by Gasteiger charge is -2.28. The molecule has 4 heterocycles. The number of anilines is 2. The number of ether oxygens (including phenoxy) is 1. The van der Waals surface area contributed by atoms with Crippen LogP contribution in [0.1, 0.15) is 34.5 Å². The van der Waals surface area contributed by atoms with Crippen LogP contribution >= 0.6 is 0 Å². The molecule has 35 heavy (non-hydrogen) atoms. The van der Waals surface area contributed by atoms with Gasteiger partial charge in [0.05, 0.1) is 6.61 Å². The van der Waals surface area contributed by atoms with Crippen molar-refractivity contribution >= 4 is 41.2 Å². The Morgan fingerprint density at radius 2 is 2.06 bits per heavy atom. The van der Waals surface area contributed by atoms with E-state index >= 15 is 0 Å². The smallest absolute Gasteiger partial charge is 0.347 e. The molecule has 2 aliphatic rings. The number of benzene rings is 1. The molecule has 9 heteroatoms. The van der Waals surface area contributed by atoms with Gasteiger partial charge in [0, 0.05) is 29.2 Å². The first kappa shape index (κ1) is 22.8. The van der Waals surface area contributed by atoms with E-state index in [-0.39, 0.29) is 35.5 Å². The van der Waals surface area contributed by atoms with Crippen molar-refractivity contribution in [3.8, 4) is 5.75 Å². The van der Waals surface area contributed by atoms with Gasteiger partial charge in [-0.2, -0.15) is 0 Å². The maximum atomic E-state index is 13.4. The van der Waals surface area contributed by atoms with E-state index in [1.165, 1.54) is 24.3 Å². The van der Waals surface area contributed by atoms with Gasteiger partial charge in [-0.15, -0.1) is 0 Å². The minimum atomic E-state index is -0.693. The summed E-state index contributed by atoms with van der Waals surface area (Å²) < 4.78 is 24.8. The van der Waals surface area contributed by atoms with Crippen molar-refractivity contribution in [1.82, 2.24) is 9.88 Å². The number of hydrogen-bond acceptors (Lipinski definition) is 8. The molecule has 3 aromatic rings. The van der Waals surface area contributed by atoms with Gasteiger partial charge in [-0.1, -0.05) is 0 Å². The Labute approximate surface area is 201 Å². The fourth-order valence-corrected chi connectivity index (χ4v) is 4.16. The molecule has 5 rings (SSSR count). The molecule has 2 aliphatic heterocycles. The summed E-state index contributed by atoms with van der Waals surface area (Å²) in [5, 5.41) is 13.9. The van der Waals surface area contributed by atoms with Crippen LogP contribution in [0.4, 0.5) is 21.8 Å². The molecule has 2 N–H and O–H groups in total. The molecular weight excluding hydrogens is 451 g/mol. The van der Waals surface area contributed by atoms with Crippen LogP contribution in [0.15, 0.2) is 52.0 Å². The molecular formula is C26H25FN4O4. The molecule has 0 atom stereocenters. The highest BCUT2D eigenvalue weighted by molar-refractivity contribution is 6.21. The maximum absolute atomic E-state index is 13.4. The number of likely N-dealkylation sites (tertiary alicyclic amines) is 1. The van der Waals surface area contributed by atoms with Gasteiger partial charge < -0.3 is 24.5 Å². The van der Waals surface area contributed by atoms with Gasteiger partial charge in [0.1, 0.15) is 5.82 Å². The van der Waals surface area contributed by atoms with Crippen molar-refractivity contribution in [2.45, 2.75) is 12.8 Å². The Morgan fingerprint density at radius 3 is 2.83 bits per heavy atom. The molecule has 0 amide bonds. The highest BCUT2D eigenvalue weighted by Crippen LogP contribution is 2.39.